The quantitative estimate of drug-likeness (QED) is 0.856. The zero-order valence-corrected chi connectivity index (χ0v) is 9.93. The largest absolute Gasteiger partial charge is 0.323 e. The molecule has 1 nitrogen and oxygen atoms in total. The first-order chi connectivity index (χ1) is 7.70. The van der Waals surface area contributed by atoms with E-state index in [4.69, 9.17) is 5.73 Å². The van der Waals surface area contributed by atoms with Gasteiger partial charge in [0, 0.05) is 15.8 Å². The van der Waals surface area contributed by atoms with Gasteiger partial charge in [0.15, 0.2) is 0 Å². The molecule has 0 radical (unpaired) electrons. The second-order valence-corrected chi connectivity index (χ2v) is 4.84. The minimum atomic E-state index is -0.203. The molecule has 2 N–H and O–H groups in total. The molecule has 0 saturated heterocycles. The summed E-state index contributed by atoms with van der Waals surface area (Å²) in [6.45, 7) is 2.07. The molecule has 2 rings (SSSR count). The van der Waals surface area contributed by atoms with Crippen LogP contribution in [0.3, 0.4) is 0 Å². The number of halogens is 1. The summed E-state index contributed by atoms with van der Waals surface area (Å²) in [5, 5.41) is 0. The van der Waals surface area contributed by atoms with Gasteiger partial charge in [0.05, 0.1) is 0 Å². The number of thiophene rings is 1. The Balaban J connectivity index is 2.28. The van der Waals surface area contributed by atoms with Crippen molar-refractivity contribution >= 4 is 11.3 Å². The number of rotatable bonds is 3. The van der Waals surface area contributed by atoms with E-state index in [1.165, 1.54) is 17.0 Å². The van der Waals surface area contributed by atoms with Crippen LogP contribution in [0.25, 0.3) is 10.4 Å². The van der Waals surface area contributed by atoms with Crippen molar-refractivity contribution in [2.45, 2.75) is 19.4 Å². The fourth-order valence-electron chi connectivity index (χ4n) is 1.52. The second kappa shape index (κ2) is 4.76. The smallest absolute Gasteiger partial charge is 0.123 e. The summed E-state index contributed by atoms with van der Waals surface area (Å²) in [4.78, 5) is 2.32. The third-order valence-electron chi connectivity index (χ3n) is 2.56. The maximum Gasteiger partial charge on any atom is 0.123 e. The first kappa shape index (κ1) is 11.3. The van der Waals surface area contributed by atoms with Crippen molar-refractivity contribution in [2.24, 2.45) is 5.73 Å². The van der Waals surface area contributed by atoms with E-state index < -0.39 is 0 Å². The SMILES string of the molecule is CCC(N)c1ccc(-c2ccc(F)cc2)s1. The molecular weight excluding hydrogens is 221 g/mol. The molecule has 3 heteroatoms. The summed E-state index contributed by atoms with van der Waals surface area (Å²) in [6, 6.07) is 10.8. The predicted octanol–water partition coefficient (Wildman–Crippen LogP) is 3.96. The van der Waals surface area contributed by atoms with Crippen LogP contribution in [-0.4, -0.2) is 0 Å². The van der Waals surface area contributed by atoms with Crippen LogP contribution < -0.4 is 5.73 Å². The highest BCUT2D eigenvalue weighted by Gasteiger charge is 2.08. The third-order valence-corrected chi connectivity index (χ3v) is 3.83. The van der Waals surface area contributed by atoms with E-state index in [1.807, 2.05) is 6.07 Å². The van der Waals surface area contributed by atoms with E-state index >= 15 is 0 Å². The molecule has 0 spiro atoms. The summed E-state index contributed by atoms with van der Waals surface area (Å²) in [5.74, 6) is -0.203. The van der Waals surface area contributed by atoms with Gasteiger partial charge in [-0.15, -0.1) is 11.3 Å². The van der Waals surface area contributed by atoms with Crippen LogP contribution in [0.5, 0.6) is 0 Å². The standard InChI is InChI=1S/C13H14FNS/c1-2-11(15)13-8-7-12(16-13)9-3-5-10(14)6-4-9/h3-8,11H,2,15H2,1H3. The van der Waals surface area contributed by atoms with Crippen molar-refractivity contribution in [3.8, 4) is 10.4 Å². The fourth-order valence-corrected chi connectivity index (χ4v) is 2.62. The second-order valence-electron chi connectivity index (χ2n) is 3.72. The Morgan fingerprint density at radius 1 is 1.19 bits per heavy atom. The maximum absolute atomic E-state index is 12.8. The predicted molar refractivity (Wildman–Crippen MR) is 66.9 cm³/mol. The highest BCUT2D eigenvalue weighted by molar-refractivity contribution is 7.15. The van der Waals surface area contributed by atoms with Crippen molar-refractivity contribution in [1.82, 2.24) is 0 Å². The molecule has 16 heavy (non-hydrogen) atoms. The maximum atomic E-state index is 12.8. The van der Waals surface area contributed by atoms with Crippen LogP contribution in [0, 0.1) is 5.82 Å². The zero-order valence-electron chi connectivity index (χ0n) is 9.11. The van der Waals surface area contributed by atoms with E-state index in [2.05, 4.69) is 13.0 Å². The van der Waals surface area contributed by atoms with Crippen LogP contribution in [0.4, 0.5) is 4.39 Å². The Bertz CT molecular complexity index is 461. The van der Waals surface area contributed by atoms with Crippen molar-refractivity contribution in [2.75, 3.05) is 0 Å². The lowest BCUT2D eigenvalue weighted by molar-refractivity contribution is 0.628. The molecule has 0 saturated carbocycles. The van der Waals surface area contributed by atoms with Crippen molar-refractivity contribution in [3.63, 3.8) is 0 Å². The summed E-state index contributed by atoms with van der Waals surface area (Å²) in [6.07, 6.45) is 0.934. The molecule has 0 aliphatic carbocycles. The van der Waals surface area contributed by atoms with Gasteiger partial charge in [-0.1, -0.05) is 19.1 Å². The lowest BCUT2D eigenvalue weighted by Crippen LogP contribution is -2.05. The van der Waals surface area contributed by atoms with Gasteiger partial charge < -0.3 is 5.73 Å². The molecule has 1 unspecified atom stereocenters. The molecule has 1 atom stereocenters. The van der Waals surface area contributed by atoms with Gasteiger partial charge in [0.1, 0.15) is 5.82 Å². The van der Waals surface area contributed by atoms with E-state index in [9.17, 15) is 4.39 Å². The van der Waals surface area contributed by atoms with Gasteiger partial charge >= 0.3 is 0 Å². The normalized spacial score (nSPS) is 12.7. The Morgan fingerprint density at radius 3 is 2.50 bits per heavy atom. The van der Waals surface area contributed by atoms with Gasteiger partial charge in [-0.25, -0.2) is 4.39 Å². The average molecular weight is 235 g/mol. The van der Waals surface area contributed by atoms with E-state index in [1.54, 1.807) is 23.5 Å². The Morgan fingerprint density at radius 2 is 1.88 bits per heavy atom. The number of benzene rings is 1. The van der Waals surface area contributed by atoms with Crippen LogP contribution in [0.2, 0.25) is 0 Å². The molecule has 84 valence electrons. The number of hydrogen-bond acceptors (Lipinski definition) is 2. The molecule has 0 amide bonds. The van der Waals surface area contributed by atoms with E-state index in [-0.39, 0.29) is 11.9 Å². The van der Waals surface area contributed by atoms with Crippen LogP contribution in [0.1, 0.15) is 24.3 Å². The third kappa shape index (κ3) is 2.31. The van der Waals surface area contributed by atoms with E-state index in [0.29, 0.717) is 0 Å². The molecule has 2 aromatic rings. The zero-order chi connectivity index (χ0) is 11.5. The highest BCUT2D eigenvalue weighted by atomic mass is 32.1. The Labute approximate surface area is 98.7 Å². The van der Waals surface area contributed by atoms with Crippen LogP contribution in [-0.2, 0) is 0 Å². The van der Waals surface area contributed by atoms with Crippen LogP contribution >= 0.6 is 11.3 Å². The van der Waals surface area contributed by atoms with E-state index in [0.717, 1.165) is 16.9 Å². The van der Waals surface area contributed by atoms with Gasteiger partial charge in [0.25, 0.3) is 0 Å². The molecule has 1 aromatic carbocycles. The number of nitrogens with two attached hydrogens (primary N) is 1. The minimum Gasteiger partial charge on any atom is -0.323 e. The summed E-state index contributed by atoms with van der Waals surface area (Å²) in [5.41, 5.74) is 7.00. The fraction of sp³-hybridized carbons (Fsp3) is 0.231. The summed E-state index contributed by atoms with van der Waals surface area (Å²) >= 11 is 1.68. The molecule has 1 heterocycles. The topological polar surface area (TPSA) is 26.0 Å². The molecule has 0 bridgehead atoms. The highest BCUT2D eigenvalue weighted by Crippen LogP contribution is 2.31. The Hall–Kier alpha value is -1.19. The van der Waals surface area contributed by atoms with Crippen LogP contribution in [0.15, 0.2) is 36.4 Å². The molecule has 1 aromatic heterocycles. The first-order valence-corrected chi connectivity index (χ1v) is 6.13. The molecule has 0 aliphatic heterocycles. The summed E-state index contributed by atoms with van der Waals surface area (Å²) in [7, 11) is 0. The number of hydrogen-bond donors (Lipinski definition) is 1. The lowest BCUT2D eigenvalue weighted by Gasteiger charge is -2.04. The van der Waals surface area contributed by atoms with Gasteiger partial charge in [-0.05, 0) is 36.2 Å². The van der Waals surface area contributed by atoms with Crippen molar-refractivity contribution in [1.29, 1.82) is 0 Å². The Kier molecular flexibility index (Phi) is 3.36. The van der Waals surface area contributed by atoms with Crippen molar-refractivity contribution in [3.05, 3.63) is 47.1 Å². The molecule has 0 aliphatic rings. The first-order valence-electron chi connectivity index (χ1n) is 5.32. The van der Waals surface area contributed by atoms with Gasteiger partial charge in [0.2, 0.25) is 0 Å². The monoisotopic (exact) mass is 235 g/mol. The van der Waals surface area contributed by atoms with Crippen molar-refractivity contribution < 1.29 is 4.39 Å². The lowest BCUT2D eigenvalue weighted by atomic mass is 10.2. The average Bonchev–Trinajstić information content (AvgIpc) is 2.78. The van der Waals surface area contributed by atoms with Gasteiger partial charge in [-0.3, -0.25) is 0 Å². The van der Waals surface area contributed by atoms with Gasteiger partial charge in [-0.2, -0.15) is 0 Å². The minimum absolute atomic E-state index is 0.110. The molecular formula is C13H14FNS. The molecule has 0 fully saturated rings. The summed E-state index contributed by atoms with van der Waals surface area (Å²) < 4.78 is 12.8.